The van der Waals surface area contributed by atoms with Crippen LogP contribution in [0.5, 0.6) is 11.5 Å². The number of carbonyl (C=O) groups is 1. The maximum atomic E-state index is 11.3. The van der Waals surface area contributed by atoms with Gasteiger partial charge in [0.1, 0.15) is 17.3 Å². The molecule has 140 valence electrons. The van der Waals surface area contributed by atoms with E-state index in [1.54, 1.807) is 54.6 Å². The van der Waals surface area contributed by atoms with Crippen LogP contribution >= 0.6 is 0 Å². The van der Waals surface area contributed by atoms with Gasteiger partial charge in [0.05, 0.1) is 5.69 Å². The molecule has 0 bridgehead atoms. The minimum absolute atomic E-state index is 0.108. The van der Waals surface area contributed by atoms with E-state index in [9.17, 15) is 20.1 Å². The Kier molecular flexibility index (Phi) is 4.29. The maximum Gasteiger partial charge on any atom is 0.356 e. The topological polar surface area (TPSA) is 120 Å². The van der Waals surface area contributed by atoms with Gasteiger partial charge in [-0.25, -0.2) is 9.78 Å². The molecule has 2 heterocycles. The molecule has 2 aromatic carbocycles. The summed E-state index contributed by atoms with van der Waals surface area (Å²) >= 11 is 0. The lowest BCUT2D eigenvalue weighted by Gasteiger charge is -2.11. The van der Waals surface area contributed by atoms with Crippen molar-refractivity contribution >= 4 is 17.4 Å². The molecule has 0 fully saturated rings. The molecule has 8 nitrogen and oxygen atoms in total. The van der Waals surface area contributed by atoms with Crippen molar-refractivity contribution < 1.29 is 20.1 Å². The van der Waals surface area contributed by atoms with E-state index in [1.165, 1.54) is 10.6 Å². The summed E-state index contributed by atoms with van der Waals surface area (Å²) in [5.41, 5.74) is 2.59. The van der Waals surface area contributed by atoms with Crippen molar-refractivity contribution in [3.63, 3.8) is 0 Å². The highest BCUT2D eigenvalue weighted by Crippen LogP contribution is 2.25. The van der Waals surface area contributed by atoms with Crippen molar-refractivity contribution in [3.8, 4) is 22.8 Å². The fourth-order valence-electron chi connectivity index (χ4n) is 2.79. The van der Waals surface area contributed by atoms with Crippen molar-refractivity contribution in [1.82, 2.24) is 14.6 Å². The number of aromatic carboxylic acids is 1. The minimum Gasteiger partial charge on any atom is -0.508 e. The lowest BCUT2D eigenvalue weighted by molar-refractivity contribution is 0.0690. The first-order valence-corrected chi connectivity index (χ1v) is 8.45. The van der Waals surface area contributed by atoms with Gasteiger partial charge in [0.25, 0.3) is 0 Å². The van der Waals surface area contributed by atoms with Crippen LogP contribution in [0, 0.1) is 0 Å². The van der Waals surface area contributed by atoms with E-state index >= 15 is 0 Å². The second kappa shape index (κ2) is 6.92. The fourth-order valence-corrected chi connectivity index (χ4v) is 2.79. The zero-order chi connectivity index (χ0) is 19.7. The third kappa shape index (κ3) is 3.43. The average molecular weight is 376 g/mol. The number of aromatic nitrogens is 3. The molecule has 4 rings (SSSR count). The number of carboxylic acids is 1. The standard InChI is InChI=1S/C20H16N4O4/c25-14-5-1-12(2-6-14)11-21-18-9-16(13-3-7-15(26)8-4-13)22-19-10-17(20(27)28)23-24(18)19/h1-10,21,25-26H,11H2,(H,27,28). The molecule has 0 aliphatic heterocycles. The number of rotatable bonds is 5. The summed E-state index contributed by atoms with van der Waals surface area (Å²) in [4.78, 5) is 15.8. The molecule has 0 atom stereocenters. The Morgan fingerprint density at radius 3 is 2.25 bits per heavy atom. The summed E-state index contributed by atoms with van der Waals surface area (Å²) in [5.74, 6) is -0.245. The van der Waals surface area contributed by atoms with Gasteiger partial charge < -0.3 is 20.6 Å². The number of hydrogen-bond acceptors (Lipinski definition) is 6. The monoisotopic (exact) mass is 376 g/mol. The largest absolute Gasteiger partial charge is 0.508 e. The van der Waals surface area contributed by atoms with Crippen LogP contribution in [-0.4, -0.2) is 35.9 Å². The normalized spacial score (nSPS) is 10.9. The number of hydrogen-bond donors (Lipinski definition) is 4. The molecule has 0 radical (unpaired) electrons. The van der Waals surface area contributed by atoms with Crippen LogP contribution in [0.4, 0.5) is 5.82 Å². The Morgan fingerprint density at radius 1 is 0.964 bits per heavy atom. The average Bonchev–Trinajstić information content (AvgIpc) is 3.12. The Balaban J connectivity index is 1.76. The number of nitrogens with one attached hydrogen (secondary N) is 1. The molecule has 0 amide bonds. The summed E-state index contributed by atoms with van der Waals surface area (Å²) in [6, 6.07) is 16.5. The van der Waals surface area contributed by atoms with Gasteiger partial charge in [0.2, 0.25) is 0 Å². The predicted molar refractivity (Wildman–Crippen MR) is 102 cm³/mol. The number of anilines is 1. The number of carboxylic acid groups (broad SMARTS) is 1. The Hall–Kier alpha value is -4.07. The van der Waals surface area contributed by atoms with E-state index in [0.29, 0.717) is 23.7 Å². The molecule has 4 N–H and O–H groups in total. The molecule has 2 aromatic heterocycles. The third-order valence-electron chi connectivity index (χ3n) is 4.22. The van der Waals surface area contributed by atoms with Crippen molar-refractivity contribution in [2.45, 2.75) is 6.54 Å². The molecular formula is C20H16N4O4. The van der Waals surface area contributed by atoms with Gasteiger partial charge in [-0.3, -0.25) is 0 Å². The van der Waals surface area contributed by atoms with Crippen molar-refractivity contribution in [1.29, 1.82) is 0 Å². The summed E-state index contributed by atoms with van der Waals surface area (Å²) in [6.07, 6.45) is 0. The first kappa shape index (κ1) is 17.3. The van der Waals surface area contributed by atoms with Gasteiger partial charge in [0.15, 0.2) is 11.3 Å². The van der Waals surface area contributed by atoms with Crippen LogP contribution in [0.1, 0.15) is 16.1 Å². The van der Waals surface area contributed by atoms with Gasteiger partial charge >= 0.3 is 5.97 Å². The Bertz CT molecular complexity index is 1150. The summed E-state index contributed by atoms with van der Waals surface area (Å²) in [5, 5.41) is 35.5. The van der Waals surface area contributed by atoms with Crippen LogP contribution in [-0.2, 0) is 6.54 Å². The number of phenols is 2. The molecule has 4 aromatic rings. The number of nitrogens with zero attached hydrogens (tertiary/aromatic N) is 3. The molecule has 0 aliphatic rings. The second-order valence-corrected chi connectivity index (χ2v) is 6.20. The molecule has 28 heavy (non-hydrogen) atoms. The highest BCUT2D eigenvalue weighted by atomic mass is 16.4. The minimum atomic E-state index is -1.14. The highest BCUT2D eigenvalue weighted by Gasteiger charge is 2.14. The van der Waals surface area contributed by atoms with Crippen LogP contribution in [0.3, 0.4) is 0 Å². The zero-order valence-electron chi connectivity index (χ0n) is 14.6. The molecule has 0 aliphatic carbocycles. The van der Waals surface area contributed by atoms with E-state index in [0.717, 1.165) is 11.1 Å². The summed E-state index contributed by atoms with van der Waals surface area (Å²) in [7, 11) is 0. The van der Waals surface area contributed by atoms with Crippen molar-refractivity contribution in [2.75, 3.05) is 5.32 Å². The Labute approximate surface area is 159 Å². The number of phenolic OH excluding ortho intramolecular Hbond substituents is 2. The smallest absolute Gasteiger partial charge is 0.356 e. The van der Waals surface area contributed by atoms with E-state index in [1.807, 2.05) is 0 Å². The predicted octanol–water partition coefficient (Wildman–Crippen LogP) is 3.12. The van der Waals surface area contributed by atoms with Gasteiger partial charge in [-0.15, -0.1) is 0 Å². The van der Waals surface area contributed by atoms with Gasteiger partial charge in [-0.2, -0.15) is 9.61 Å². The maximum absolute atomic E-state index is 11.3. The van der Waals surface area contributed by atoms with Gasteiger partial charge in [-0.1, -0.05) is 12.1 Å². The SMILES string of the molecule is O=C(O)c1cc2nc(-c3ccc(O)cc3)cc(NCc3ccc(O)cc3)n2n1. The molecule has 8 heteroatoms. The third-order valence-corrected chi connectivity index (χ3v) is 4.22. The molecule has 0 saturated heterocycles. The quantitative estimate of drug-likeness (QED) is 0.422. The van der Waals surface area contributed by atoms with E-state index in [4.69, 9.17) is 0 Å². The van der Waals surface area contributed by atoms with E-state index in [2.05, 4.69) is 15.4 Å². The molecule has 0 unspecified atom stereocenters. The Morgan fingerprint density at radius 2 is 1.61 bits per heavy atom. The van der Waals surface area contributed by atoms with E-state index in [-0.39, 0.29) is 17.2 Å². The number of aromatic hydroxyl groups is 2. The molecule has 0 saturated carbocycles. The van der Waals surface area contributed by atoms with Gasteiger partial charge in [-0.05, 0) is 42.0 Å². The first-order valence-electron chi connectivity index (χ1n) is 8.45. The van der Waals surface area contributed by atoms with E-state index < -0.39 is 5.97 Å². The lowest BCUT2D eigenvalue weighted by Crippen LogP contribution is -2.07. The first-order chi connectivity index (χ1) is 13.5. The molecular weight excluding hydrogens is 360 g/mol. The summed E-state index contributed by atoms with van der Waals surface area (Å²) < 4.78 is 1.44. The van der Waals surface area contributed by atoms with Crippen LogP contribution < -0.4 is 5.32 Å². The fraction of sp³-hybridized carbons (Fsp3) is 0.0500. The lowest BCUT2D eigenvalue weighted by atomic mass is 10.1. The molecule has 0 spiro atoms. The highest BCUT2D eigenvalue weighted by molar-refractivity contribution is 5.87. The van der Waals surface area contributed by atoms with Crippen LogP contribution in [0.2, 0.25) is 0 Å². The van der Waals surface area contributed by atoms with Crippen LogP contribution in [0.15, 0.2) is 60.7 Å². The second-order valence-electron chi connectivity index (χ2n) is 6.20. The number of benzene rings is 2. The zero-order valence-corrected chi connectivity index (χ0v) is 14.6. The number of fused-ring (bicyclic) bond motifs is 1. The van der Waals surface area contributed by atoms with Crippen molar-refractivity contribution in [2.24, 2.45) is 0 Å². The summed E-state index contributed by atoms with van der Waals surface area (Å²) in [6.45, 7) is 0.441. The van der Waals surface area contributed by atoms with Gasteiger partial charge in [0, 0.05) is 24.2 Å². The van der Waals surface area contributed by atoms with Crippen LogP contribution in [0.25, 0.3) is 16.9 Å². The van der Waals surface area contributed by atoms with Crippen molar-refractivity contribution in [3.05, 3.63) is 71.9 Å².